The van der Waals surface area contributed by atoms with Crippen LogP contribution in [0.4, 0.5) is 36.2 Å². The number of fused-ring (bicyclic) bond motifs is 2. The predicted molar refractivity (Wildman–Crippen MR) is 120 cm³/mol. The smallest absolute Gasteiger partial charge is 0.377 e. The summed E-state index contributed by atoms with van der Waals surface area (Å²) in [6.45, 7) is 2.23. The second kappa shape index (κ2) is 8.91. The third-order valence-electron chi connectivity index (χ3n) is 6.46. The van der Waals surface area contributed by atoms with Crippen LogP contribution in [0.5, 0.6) is 0 Å². The van der Waals surface area contributed by atoms with Gasteiger partial charge in [-0.15, -0.1) is 0 Å². The minimum absolute atomic E-state index is 0.0493. The number of nitrogens with zero attached hydrogens (tertiary/aromatic N) is 4. The second-order valence-electron chi connectivity index (χ2n) is 8.87. The minimum atomic E-state index is -4.62. The van der Waals surface area contributed by atoms with Crippen LogP contribution in [-0.4, -0.2) is 72.4 Å². The van der Waals surface area contributed by atoms with Crippen molar-refractivity contribution in [1.29, 1.82) is 0 Å². The lowest BCUT2D eigenvalue weighted by atomic mass is 10.2. The van der Waals surface area contributed by atoms with Gasteiger partial charge in [0.15, 0.2) is 0 Å². The molecule has 3 N–H and O–H groups in total. The van der Waals surface area contributed by atoms with Crippen molar-refractivity contribution in [3.05, 3.63) is 36.2 Å². The van der Waals surface area contributed by atoms with Crippen LogP contribution in [0.3, 0.4) is 0 Å². The number of pyridine rings is 2. The highest BCUT2D eigenvalue weighted by molar-refractivity contribution is 5.77. The number of piperazine rings is 1. The number of hydrogen-bond acceptors (Lipinski definition) is 8. The van der Waals surface area contributed by atoms with Crippen molar-refractivity contribution in [1.82, 2.24) is 20.2 Å². The van der Waals surface area contributed by atoms with Crippen molar-refractivity contribution in [2.24, 2.45) is 0 Å². The van der Waals surface area contributed by atoms with Crippen LogP contribution in [0.25, 0.3) is 0 Å². The second-order valence-corrected chi connectivity index (χ2v) is 8.87. The van der Waals surface area contributed by atoms with Crippen molar-refractivity contribution >= 4 is 28.9 Å². The molecule has 0 aliphatic carbocycles. The zero-order valence-electron chi connectivity index (χ0n) is 18.6. The average molecular weight is 477 g/mol. The van der Waals surface area contributed by atoms with Crippen LogP contribution in [-0.2, 0) is 15.7 Å². The number of carbonyl (C=O) groups is 1. The van der Waals surface area contributed by atoms with Gasteiger partial charge in [0.05, 0.1) is 42.8 Å². The van der Waals surface area contributed by atoms with Gasteiger partial charge < -0.3 is 25.6 Å². The Balaban J connectivity index is 1.31. The number of likely N-dealkylation sites (tertiary alicyclic amines) is 1. The van der Waals surface area contributed by atoms with Gasteiger partial charge in [-0.2, -0.15) is 13.2 Å². The van der Waals surface area contributed by atoms with E-state index in [1.54, 1.807) is 6.20 Å². The highest BCUT2D eigenvalue weighted by Crippen LogP contribution is 2.36. The van der Waals surface area contributed by atoms with E-state index >= 15 is 0 Å². The number of nitrogens with one attached hydrogen (secondary N) is 3. The fourth-order valence-electron chi connectivity index (χ4n) is 4.73. The molecule has 12 heteroatoms. The fourth-order valence-corrected chi connectivity index (χ4v) is 4.73. The van der Waals surface area contributed by atoms with E-state index in [0.29, 0.717) is 17.8 Å². The van der Waals surface area contributed by atoms with E-state index in [1.165, 1.54) is 6.07 Å². The molecule has 2 bridgehead atoms. The van der Waals surface area contributed by atoms with Crippen LogP contribution in [0.2, 0.25) is 0 Å². The summed E-state index contributed by atoms with van der Waals surface area (Å²) in [5.41, 5.74) is -0.531. The molecule has 3 fully saturated rings. The van der Waals surface area contributed by atoms with Crippen LogP contribution >= 0.6 is 0 Å². The number of aromatic nitrogens is 2. The number of anilines is 4. The molecule has 3 aliphatic heterocycles. The SMILES string of the molecule is CN1CC2CC1CN2c1ccc(Nc2cc(NC3COCCC(=O)N3)c(C(F)(F)F)cn2)cn1. The highest BCUT2D eigenvalue weighted by atomic mass is 19.4. The van der Waals surface area contributed by atoms with Crippen molar-refractivity contribution in [3.63, 3.8) is 0 Å². The summed E-state index contributed by atoms with van der Waals surface area (Å²) < 4.78 is 46.0. The number of alkyl halides is 3. The molecule has 2 aromatic rings. The minimum Gasteiger partial charge on any atom is -0.377 e. The van der Waals surface area contributed by atoms with Gasteiger partial charge in [0.1, 0.15) is 17.8 Å². The zero-order valence-corrected chi connectivity index (χ0v) is 18.6. The van der Waals surface area contributed by atoms with E-state index in [1.807, 2.05) is 12.1 Å². The Kier molecular flexibility index (Phi) is 5.94. The van der Waals surface area contributed by atoms with E-state index < -0.39 is 17.9 Å². The first-order chi connectivity index (χ1) is 16.3. The number of amides is 1. The molecule has 5 rings (SSSR count). The van der Waals surface area contributed by atoms with Gasteiger partial charge >= 0.3 is 6.18 Å². The Morgan fingerprint density at radius 3 is 2.71 bits per heavy atom. The Bertz CT molecular complexity index is 1050. The van der Waals surface area contributed by atoms with Gasteiger partial charge in [-0.1, -0.05) is 0 Å². The molecule has 3 saturated heterocycles. The number of likely N-dealkylation sites (N-methyl/N-ethyl adjacent to an activating group) is 1. The Hall–Kier alpha value is -3.12. The van der Waals surface area contributed by atoms with Crippen LogP contribution in [0.1, 0.15) is 18.4 Å². The summed E-state index contributed by atoms with van der Waals surface area (Å²) in [7, 11) is 2.14. The van der Waals surface area contributed by atoms with Crippen molar-refractivity contribution < 1.29 is 22.7 Å². The maximum absolute atomic E-state index is 13.6. The van der Waals surface area contributed by atoms with E-state index in [4.69, 9.17) is 4.74 Å². The summed E-state index contributed by atoms with van der Waals surface area (Å²) in [5, 5.41) is 8.37. The fraction of sp³-hybridized carbons (Fsp3) is 0.500. The molecule has 3 aliphatic rings. The maximum atomic E-state index is 13.6. The number of hydrogen-bond donors (Lipinski definition) is 3. The van der Waals surface area contributed by atoms with Crippen molar-refractivity contribution in [2.45, 2.75) is 37.3 Å². The predicted octanol–water partition coefficient (Wildman–Crippen LogP) is 2.41. The number of ether oxygens (including phenoxy) is 1. The van der Waals surface area contributed by atoms with E-state index in [0.717, 1.165) is 31.5 Å². The van der Waals surface area contributed by atoms with E-state index in [9.17, 15) is 18.0 Å². The first-order valence-electron chi connectivity index (χ1n) is 11.2. The van der Waals surface area contributed by atoms with Gasteiger partial charge in [0, 0.05) is 37.4 Å². The maximum Gasteiger partial charge on any atom is 0.419 e. The molecular formula is C22H26F3N7O2. The Labute approximate surface area is 194 Å². The molecule has 3 atom stereocenters. The molecular weight excluding hydrogens is 451 g/mol. The molecule has 9 nitrogen and oxygen atoms in total. The molecule has 34 heavy (non-hydrogen) atoms. The lowest BCUT2D eigenvalue weighted by Crippen LogP contribution is -2.44. The molecule has 1 amide bonds. The first kappa shape index (κ1) is 22.7. The highest BCUT2D eigenvalue weighted by Gasteiger charge is 2.41. The number of rotatable bonds is 5. The Morgan fingerprint density at radius 2 is 2.03 bits per heavy atom. The van der Waals surface area contributed by atoms with Crippen LogP contribution in [0.15, 0.2) is 30.6 Å². The third kappa shape index (κ3) is 4.73. The van der Waals surface area contributed by atoms with Gasteiger partial charge in [0.25, 0.3) is 0 Å². The summed E-state index contributed by atoms with van der Waals surface area (Å²) in [4.78, 5) is 24.9. The number of halogens is 3. The zero-order chi connectivity index (χ0) is 23.9. The van der Waals surface area contributed by atoms with Gasteiger partial charge in [-0.25, -0.2) is 9.97 Å². The largest absolute Gasteiger partial charge is 0.419 e. The summed E-state index contributed by atoms with van der Waals surface area (Å²) in [5.74, 6) is 0.811. The topological polar surface area (TPSA) is 94.6 Å². The first-order valence-corrected chi connectivity index (χ1v) is 11.2. The van der Waals surface area contributed by atoms with E-state index in [2.05, 4.69) is 42.8 Å². The third-order valence-corrected chi connectivity index (χ3v) is 6.46. The van der Waals surface area contributed by atoms with Crippen LogP contribution in [0, 0.1) is 0 Å². The molecule has 0 saturated carbocycles. The molecule has 0 aromatic carbocycles. The molecule has 0 spiro atoms. The quantitative estimate of drug-likeness (QED) is 0.605. The average Bonchev–Trinajstić information content (AvgIpc) is 3.29. The molecule has 3 unspecified atom stereocenters. The summed E-state index contributed by atoms with van der Waals surface area (Å²) in [6.07, 6.45) is -1.69. The molecule has 2 aromatic heterocycles. The van der Waals surface area contributed by atoms with Crippen molar-refractivity contribution in [2.75, 3.05) is 48.9 Å². The Morgan fingerprint density at radius 1 is 1.18 bits per heavy atom. The normalized spacial score (nSPS) is 25.2. The van der Waals surface area contributed by atoms with Gasteiger partial charge in [-0.05, 0) is 25.6 Å². The van der Waals surface area contributed by atoms with Gasteiger partial charge in [-0.3, -0.25) is 9.69 Å². The lowest BCUT2D eigenvalue weighted by molar-refractivity contribution is -0.137. The van der Waals surface area contributed by atoms with Gasteiger partial charge in [0.2, 0.25) is 5.91 Å². The molecule has 5 heterocycles. The monoisotopic (exact) mass is 477 g/mol. The van der Waals surface area contributed by atoms with Crippen molar-refractivity contribution in [3.8, 4) is 0 Å². The summed E-state index contributed by atoms with van der Waals surface area (Å²) >= 11 is 0. The molecule has 182 valence electrons. The van der Waals surface area contributed by atoms with E-state index in [-0.39, 0.29) is 37.0 Å². The van der Waals surface area contributed by atoms with Crippen LogP contribution < -0.4 is 20.9 Å². The molecule has 0 radical (unpaired) electrons. The summed E-state index contributed by atoms with van der Waals surface area (Å²) in [6, 6.07) is 6.02. The number of carbonyl (C=O) groups excluding carboxylic acids is 1. The standard InChI is InChI=1S/C22H26F3N7O2/c1-31-10-15-6-14(31)11-32(15)20-3-2-13(8-27-20)28-18-7-17(16(9-26-18)22(23,24)25)29-19-12-34-5-4-21(33)30-19/h2-3,7-9,14-15,19H,4-6,10-12H2,1H3,(H,30,33)(H2,26,28,29). The lowest BCUT2D eigenvalue weighted by Gasteiger charge is -2.32.